The molecule has 1 saturated carbocycles. The summed E-state index contributed by atoms with van der Waals surface area (Å²) in [5.41, 5.74) is 0. The Hall–Kier alpha value is -0.570. The smallest absolute Gasteiger partial charge is 0.303 e. The van der Waals surface area contributed by atoms with E-state index in [9.17, 15) is 4.79 Å². The van der Waals surface area contributed by atoms with E-state index in [0.717, 1.165) is 37.6 Å². The van der Waals surface area contributed by atoms with Crippen LogP contribution in [0.15, 0.2) is 0 Å². The average Bonchev–Trinajstić information content (AvgIpc) is 2.52. The van der Waals surface area contributed by atoms with Crippen LogP contribution in [0.3, 0.4) is 0 Å². The van der Waals surface area contributed by atoms with E-state index in [4.69, 9.17) is 5.11 Å². The normalized spacial score (nSPS) is 24.7. The van der Waals surface area contributed by atoms with Crippen LogP contribution in [0.2, 0.25) is 0 Å². The quantitative estimate of drug-likeness (QED) is 0.447. The van der Waals surface area contributed by atoms with Crippen molar-refractivity contribution in [2.24, 2.45) is 11.8 Å². The maximum Gasteiger partial charge on any atom is 0.303 e. The zero-order chi connectivity index (χ0) is 16.9. The summed E-state index contributed by atoms with van der Waals surface area (Å²) in [6, 6.07) is 0.712. The van der Waals surface area contributed by atoms with E-state index in [1.165, 1.54) is 57.8 Å². The number of nitrogens with one attached hydrogen (secondary N) is 1. The molecule has 0 amide bonds. The summed E-state index contributed by atoms with van der Waals surface area (Å²) in [5.74, 6) is 1.03. The van der Waals surface area contributed by atoms with Gasteiger partial charge >= 0.3 is 5.97 Å². The van der Waals surface area contributed by atoms with Gasteiger partial charge in [0.1, 0.15) is 0 Å². The van der Waals surface area contributed by atoms with Crippen LogP contribution in [0, 0.1) is 11.8 Å². The van der Waals surface area contributed by atoms with Gasteiger partial charge in [-0.25, -0.2) is 0 Å². The zero-order valence-corrected chi connectivity index (χ0v) is 15.5. The fourth-order valence-electron chi connectivity index (χ4n) is 4.07. The van der Waals surface area contributed by atoms with Crippen molar-refractivity contribution < 1.29 is 9.90 Å². The second-order valence-electron chi connectivity index (χ2n) is 7.56. The maximum absolute atomic E-state index is 10.5. The molecule has 1 rings (SSSR count). The third-order valence-corrected chi connectivity index (χ3v) is 5.48. The Balaban J connectivity index is 2.17. The van der Waals surface area contributed by atoms with Gasteiger partial charge in [-0.3, -0.25) is 4.79 Å². The maximum atomic E-state index is 10.5. The molecule has 0 radical (unpaired) electrons. The van der Waals surface area contributed by atoms with Crippen molar-refractivity contribution in [3.8, 4) is 0 Å². The Morgan fingerprint density at radius 3 is 2.52 bits per heavy atom. The van der Waals surface area contributed by atoms with Gasteiger partial charge in [-0.05, 0) is 50.5 Å². The van der Waals surface area contributed by atoms with E-state index in [0.29, 0.717) is 12.5 Å². The van der Waals surface area contributed by atoms with E-state index in [2.05, 4.69) is 19.2 Å². The summed E-state index contributed by atoms with van der Waals surface area (Å²) in [5, 5.41) is 12.5. The second kappa shape index (κ2) is 12.8. The van der Waals surface area contributed by atoms with Crippen molar-refractivity contribution in [3.63, 3.8) is 0 Å². The number of carbonyl (C=O) groups is 1. The first-order valence-electron chi connectivity index (χ1n) is 10.1. The SMILES string of the molecule is CCCCCCC1CCCC(C)C1NCCCCCCC(=O)O. The van der Waals surface area contributed by atoms with Gasteiger partial charge in [-0.15, -0.1) is 0 Å². The molecule has 0 spiro atoms. The third kappa shape index (κ3) is 9.34. The van der Waals surface area contributed by atoms with Crippen molar-refractivity contribution in [1.82, 2.24) is 5.32 Å². The third-order valence-electron chi connectivity index (χ3n) is 5.48. The number of carboxylic acids is 1. The van der Waals surface area contributed by atoms with E-state index in [1.54, 1.807) is 0 Å². The molecule has 1 fully saturated rings. The monoisotopic (exact) mass is 325 g/mol. The standard InChI is InChI=1S/C20H39NO2/c1-3-4-5-8-13-18-14-11-12-17(2)20(18)21-16-10-7-6-9-15-19(22)23/h17-18,20-21H,3-16H2,1-2H3,(H,22,23). The van der Waals surface area contributed by atoms with Crippen molar-refractivity contribution >= 4 is 5.97 Å². The van der Waals surface area contributed by atoms with Gasteiger partial charge in [0.15, 0.2) is 0 Å². The Labute approximate surface area is 143 Å². The lowest BCUT2D eigenvalue weighted by molar-refractivity contribution is -0.137. The Morgan fingerprint density at radius 1 is 1.04 bits per heavy atom. The van der Waals surface area contributed by atoms with E-state index < -0.39 is 5.97 Å². The van der Waals surface area contributed by atoms with Gasteiger partial charge < -0.3 is 10.4 Å². The highest BCUT2D eigenvalue weighted by Crippen LogP contribution is 2.32. The van der Waals surface area contributed by atoms with Crippen molar-refractivity contribution in [2.45, 2.75) is 103 Å². The summed E-state index contributed by atoms with van der Waals surface area (Å²) < 4.78 is 0. The van der Waals surface area contributed by atoms with Crippen LogP contribution in [0.5, 0.6) is 0 Å². The van der Waals surface area contributed by atoms with Gasteiger partial charge in [0.25, 0.3) is 0 Å². The van der Waals surface area contributed by atoms with Crippen LogP contribution in [0.1, 0.15) is 97.3 Å². The van der Waals surface area contributed by atoms with Gasteiger partial charge in [-0.2, -0.15) is 0 Å². The Bertz CT molecular complexity index is 306. The van der Waals surface area contributed by atoms with Gasteiger partial charge in [-0.1, -0.05) is 58.8 Å². The molecule has 0 bridgehead atoms. The first kappa shape index (κ1) is 20.5. The molecule has 0 aromatic carbocycles. The number of aliphatic carboxylic acids is 1. The number of carboxylic acid groups (broad SMARTS) is 1. The molecule has 2 N–H and O–H groups in total. The van der Waals surface area contributed by atoms with Gasteiger partial charge in [0.05, 0.1) is 0 Å². The minimum Gasteiger partial charge on any atom is -0.481 e. The van der Waals surface area contributed by atoms with Crippen LogP contribution < -0.4 is 5.32 Å². The molecule has 0 aromatic rings. The fraction of sp³-hybridized carbons (Fsp3) is 0.950. The number of hydrogen-bond acceptors (Lipinski definition) is 2. The molecule has 0 heterocycles. The van der Waals surface area contributed by atoms with Crippen molar-refractivity contribution in [3.05, 3.63) is 0 Å². The van der Waals surface area contributed by atoms with Crippen molar-refractivity contribution in [2.75, 3.05) is 6.54 Å². The molecular weight excluding hydrogens is 286 g/mol. The average molecular weight is 326 g/mol. The molecule has 0 aromatic heterocycles. The topological polar surface area (TPSA) is 49.3 Å². The van der Waals surface area contributed by atoms with Crippen molar-refractivity contribution in [1.29, 1.82) is 0 Å². The fourth-order valence-corrected chi connectivity index (χ4v) is 4.07. The summed E-state index contributed by atoms with van der Waals surface area (Å²) in [7, 11) is 0. The number of rotatable bonds is 13. The first-order valence-corrected chi connectivity index (χ1v) is 10.1. The molecule has 3 heteroatoms. The first-order chi connectivity index (χ1) is 11.1. The van der Waals surface area contributed by atoms with Crippen LogP contribution in [-0.4, -0.2) is 23.7 Å². The van der Waals surface area contributed by atoms with Crippen LogP contribution >= 0.6 is 0 Å². The van der Waals surface area contributed by atoms with Gasteiger partial charge in [0.2, 0.25) is 0 Å². The molecule has 3 nitrogen and oxygen atoms in total. The molecule has 23 heavy (non-hydrogen) atoms. The summed E-state index contributed by atoms with van der Waals surface area (Å²) >= 11 is 0. The highest BCUT2D eigenvalue weighted by Gasteiger charge is 2.29. The van der Waals surface area contributed by atoms with Crippen LogP contribution in [-0.2, 0) is 4.79 Å². The molecule has 136 valence electrons. The molecule has 0 saturated heterocycles. The molecule has 0 aliphatic heterocycles. The Kier molecular flexibility index (Phi) is 11.4. The highest BCUT2D eigenvalue weighted by molar-refractivity contribution is 5.66. The Morgan fingerprint density at radius 2 is 1.78 bits per heavy atom. The minimum atomic E-state index is -0.662. The van der Waals surface area contributed by atoms with Crippen LogP contribution in [0.4, 0.5) is 0 Å². The molecular formula is C20H39NO2. The van der Waals surface area contributed by atoms with Gasteiger partial charge in [0, 0.05) is 12.5 Å². The second-order valence-corrected chi connectivity index (χ2v) is 7.56. The lowest BCUT2D eigenvalue weighted by atomic mass is 9.75. The lowest BCUT2D eigenvalue weighted by Crippen LogP contribution is -2.44. The summed E-state index contributed by atoms with van der Waals surface area (Å²) in [4.78, 5) is 10.5. The number of hydrogen-bond donors (Lipinski definition) is 2. The molecule has 3 unspecified atom stereocenters. The lowest BCUT2D eigenvalue weighted by Gasteiger charge is -2.37. The van der Waals surface area contributed by atoms with E-state index in [1.807, 2.05) is 0 Å². The molecule has 3 atom stereocenters. The predicted molar refractivity (Wildman–Crippen MR) is 97.8 cm³/mol. The summed E-state index contributed by atoms with van der Waals surface area (Å²) in [6.45, 7) is 5.81. The zero-order valence-electron chi connectivity index (χ0n) is 15.5. The highest BCUT2D eigenvalue weighted by atomic mass is 16.4. The summed E-state index contributed by atoms with van der Waals surface area (Å²) in [6.07, 6.45) is 15.7. The largest absolute Gasteiger partial charge is 0.481 e. The predicted octanol–water partition coefficient (Wildman–Crippen LogP) is 5.39. The van der Waals surface area contributed by atoms with E-state index >= 15 is 0 Å². The van der Waals surface area contributed by atoms with Crippen LogP contribution in [0.25, 0.3) is 0 Å². The molecule has 1 aliphatic rings. The van der Waals surface area contributed by atoms with E-state index in [-0.39, 0.29) is 0 Å². The number of unbranched alkanes of at least 4 members (excludes halogenated alkanes) is 6. The minimum absolute atomic E-state index is 0.326. The molecule has 1 aliphatic carbocycles.